The first-order valence-electron chi connectivity index (χ1n) is 9.70. The Morgan fingerprint density at radius 2 is 1.85 bits per heavy atom. The Kier molecular flexibility index (Phi) is 7.81. The fourth-order valence-electron chi connectivity index (χ4n) is 2.98. The zero-order valence-electron chi connectivity index (χ0n) is 17.0. The van der Waals surface area contributed by atoms with E-state index in [0.717, 1.165) is 29.6 Å². The highest BCUT2D eigenvalue weighted by molar-refractivity contribution is 5.86. The van der Waals surface area contributed by atoms with Gasteiger partial charge in [-0.2, -0.15) is 0 Å². The largest absolute Gasteiger partial charge is 0.457 e. The molecule has 144 valence electrons. The summed E-state index contributed by atoms with van der Waals surface area (Å²) in [6.45, 7) is 6.59. The Hall–Kier alpha value is -2.39. The molecule has 0 aliphatic rings. The third-order valence-corrected chi connectivity index (χ3v) is 4.90. The van der Waals surface area contributed by atoms with Gasteiger partial charge in [0.1, 0.15) is 19.7 Å². The third kappa shape index (κ3) is 7.40. The molecule has 0 amide bonds. The summed E-state index contributed by atoms with van der Waals surface area (Å²) in [5.74, 6) is 0.288. The quantitative estimate of drug-likeness (QED) is 0.353. The van der Waals surface area contributed by atoms with E-state index in [1.54, 1.807) is 6.08 Å². The number of hydrogen-bond acceptors (Lipinski definition) is 2. The van der Waals surface area contributed by atoms with Crippen LogP contribution in [0.15, 0.2) is 60.7 Å². The monoisotopic (exact) mass is 366 g/mol. The van der Waals surface area contributed by atoms with Gasteiger partial charge in [-0.1, -0.05) is 62.4 Å². The van der Waals surface area contributed by atoms with E-state index < -0.39 is 0 Å². The molecule has 1 atom stereocenters. The standard InChI is InChI=1S/C24H32NO2/c1-5-20(2)23-13-9-12-22(18-23)19-25(3,4)16-17-27-24(26)15-14-21-10-7-6-8-11-21/h6-15,18,20H,5,16-17,19H2,1-4H3/q+1. The number of benzene rings is 2. The van der Waals surface area contributed by atoms with Crippen molar-refractivity contribution in [3.63, 3.8) is 0 Å². The predicted molar refractivity (Wildman–Crippen MR) is 112 cm³/mol. The normalized spacial score (nSPS) is 12.9. The molecule has 0 heterocycles. The summed E-state index contributed by atoms with van der Waals surface area (Å²) in [7, 11) is 4.34. The second kappa shape index (κ2) is 10.1. The van der Waals surface area contributed by atoms with Crippen molar-refractivity contribution < 1.29 is 14.0 Å². The van der Waals surface area contributed by atoms with Gasteiger partial charge in [-0.15, -0.1) is 0 Å². The van der Waals surface area contributed by atoms with Crippen molar-refractivity contribution in [2.45, 2.75) is 32.7 Å². The van der Waals surface area contributed by atoms with Crippen molar-refractivity contribution >= 4 is 12.0 Å². The molecule has 27 heavy (non-hydrogen) atoms. The van der Waals surface area contributed by atoms with E-state index in [1.807, 2.05) is 30.3 Å². The summed E-state index contributed by atoms with van der Waals surface area (Å²) >= 11 is 0. The number of hydrogen-bond donors (Lipinski definition) is 0. The molecular formula is C24H32NO2+. The first kappa shape index (κ1) is 20.9. The maximum Gasteiger partial charge on any atom is 0.330 e. The lowest BCUT2D eigenvalue weighted by molar-refractivity contribution is -0.903. The van der Waals surface area contributed by atoms with E-state index in [4.69, 9.17) is 4.74 Å². The summed E-state index contributed by atoms with van der Waals surface area (Å²) in [5, 5.41) is 0. The van der Waals surface area contributed by atoms with E-state index in [9.17, 15) is 4.79 Å². The number of likely N-dealkylation sites (N-methyl/N-ethyl adjacent to an activating group) is 1. The molecule has 3 heteroatoms. The van der Waals surface area contributed by atoms with Gasteiger partial charge in [0.15, 0.2) is 0 Å². The number of carbonyl (C=O) groups excluding carboxylic acids is 1. The minimum Gasteiger partial charge on any atom is -0.457 e. The molecule has 0 saturated carbocycles. The molecule has 0 saturated heterocycles. The molecule has 0 spiro atoms. The summed E-state index contributed by atoms with van der Waals surface area (Å²) in [6, 6.07) is 18.6. The zero-order chi connectivity index (χ0) is 19.7. The number of esters is 1. The molecule has 0 N–H and O–H groups in total. The van der Waals surface area contributed by atoms with Crippen molar-refractivity contribution in [2.24, 2.45) is 0 Å². The summed E-state index contributed by atoms with van der Waals surface area (Å²) < 4.78 is 6.15. The van der Waals surface area contributed by atoms with E-state index in [0.29, 0.717) is 12.5 Å². The highest BCUT2D eigenvalue weighted by Gasteiger charge is 2.17. The fraction of sp³-hybridized carbons (Fsp3) is 0.375. The Morgan fingerprint density at radius 3 is 2.56 bits per heavy atom. The van der Waals surface area contributed by atoms with Crippen molar-refractivity contribution in [1.29, 1.82) is 0 Å². The highest BCUT2D eigenvalue weighted by Crippen LogP contribution is 2.21. The van der Waals surface area contributed by atoms with Crippen LogP contribution in [-0.4, -0.2) is 37.7 Å². The molecular weight excluding hydrogens is 334 g/mol. The van der Waals surface area contributed by atoms with Gasteiger partial charge in [-0.05, 0) is 35.6 Å². The minimum absolute atomic E-state index is 0.294. The van der Waals surface area contributed by atoms with E-state index in [2.05, 4.69) is 52.2 Å². The van der Waals surface area contributed by atoms with Gasteiger partial charge in [-0.3, -0.25) is 0 Å². The lowest BCUT2D eigenvalue weighted by atomic mass is 9.97. The smallest absolute Gasteiger partial charge is 0.330 e. The molecule has 0 radical (unpaired) electrons. The van der Waals surface area contributed by atoms with E-state index in [1.165, 1.54) is 17.2 Å². The Labute approximate surface area is 163 Å². The van der Waals surface area contributed by atoms with Crippen LogP contribution < -0.4 is 0 Å². The number of ether oxygens (including phenoxy) is 1. The van der Waals surface area contributed by atoms with Crippen LogP contribution in [0.2, 0.25) is 0 Å². The van der Waals surface area contributed by atoms with Crippen LogP contribution in [0.5, 0.6) is 0 Å². The topological polar surface area (TPSA) is 26.3 Å². The second-order valence-corrected chi connectivity index (χ2v) is 7.78. The predicted octanol–water partition coefficient (Wildman–Crippen LogP) is 5.03. The maximum absolute atomic E-state index is 11.9. The molecule has 1 unspecified atom stereocenters. The molecule has 0 aliphatic heterocycles. The van der Waals surface area contributed by atoms with Crippen LogP contribution in [0, 0.1) is 0 Å². The Balaban J connectivity index is 1.82. The highest BCUT2D eigenvalue weighted by atomic mass is 16.5. The fourth-order valence-corrected chi connectivity index (χ4v) is 2.98. The van der Waals surface area contributed by atoms with Crippen molar-refractivity contribution in [2.75, 3.05) is 27.2 Å². The Bertz CT molecular complexity index is 750. The SMILES string of the molecule is CCC(C)c1cccc(C[N+](C)(C)CCOC(=O)C=Cc2ccccc2)c1. The maximum atomic E-state index is 11.9. The van der Waals surface area contributed by atoms with Crippen LogP contribution in [0.4, 0.5) is 0 Å². The van der Waals surface area contributed by atoms with Gasteiger partial charge < -0.3 is 9.22 Å². The van der Waals surface area contributed by atoms with Crippen LogP contribution in [0.3, 0.4) is 0 Å². The second-order valence-electron chi connectivity index (χ2n) is 7.78. The summed E-state index contributed by atoms with van der Waals surface area (Å²) in [6.07, 6.45) is 4.42. The number of carbonyl (C=O) groups is 1. The summed E-state index contributed by atoms with van der Waals surface area (Å²) in [5.41, 5.74) is 3.72. The molecule has 2 aromatic rings. The van der Waals surface area contributed by atoms with Gasteiger partial charge in [0, 0.05) is 11.6 Å². The van der Waals surface area contributed by atoms with Crippen LogP contribution in [0.25, 0.3) is 6.08 Å². The van der Waals surface area contributed by atoms with Crippen LogP contribution in [0.1, 0.15) is 42.9 Å². The van der Waals surface area contributed by atoms with Crippen molar-refractivity contribution in [3.8, 4) is 0 Å². The lowest BCUT2D eigenvalue weighted by Crippen LogP contribution is -2.41. The average molecular weight is 367 g/mol. The van der Waals surface area contributed by atoms with Gasteiger partial charge in [-0.25, -0.2) is 4.79 Å². The Morgan fingerprint density at radius 1 is 1.11 bits per heavy atom. The number of rotatable bonds is 9. The molecule has 2 rings (SSSR count). The van der Waals surface area contributed by atoms with Crippen molar-refractivity contribution in [3.05, 3.63) is 77.4 Å². The third-order valence-electron chi connectivity index (χ3n) is 4.90. The van der Waals surface area contributed by atoms with Gasteiger partial charge in [0.25, 0.3) is 0 Å². The average Bonchev–Trinajstić information content (AvgIpc) is 2.66. The van der Waals surface area contributed by atoms with E-state index in [-0.39, 0.29) is 5.97 Å². The lowest BCUT2D eigenvalue weighted by Gasteiger charge is -2.29. The molecule has 0 bridgehead atoms. The number of quaternary nitrogens is 1. The summed E-state index contributed by atoms with van der Waals surface area (Å²) in [4.78, 5) is 11.9. The minimum atomic E-state index is -0.294. The molecule has 2 aromatic carbocycles. The van der Waals surface area contributed by atoms with Gasteiger partial charge in [0.05, 0.1) is 14.1 Å². The molecule has 0 fully saturated rings. The van der Waals surface area contributed by atoms with Crippen LogP contribution >= 0.6 is 0 Å². The first-order chi connectivity index (χ1) is 12.9. The zero-order valence-corrected chi connectivity index (χ0v) is 17.0. The van der Waals surface area contributed by atoms with Gasteiger partial charge in [0.2, 0.25) is 0 Å². The number of nitrogens with zero attached hydrogens (tertiary/aromatic N) is 1. The first-order valence-corrected chi connectivity index (χ1v) is 9.70. The van der Waals surface area contributed by atoms with E-state index >= 15 is 0 Å². The van der Waals surface area contributed by atoms with Gasteiger partial charge >= 0.3 is 5.97 Å². The van der Waals surface area contributed by atoms with Crippen molar-refractivity contribution in [1.82, 2.24) is 0 Å². The van der Waals surface area contributed by atoms with Crippen LogP contribution in [-0.2, 0) is 16.1 Å². The molecule has 0 aliphatic carbocycles. The molecule has 0 aromatic heterocycles. The molecule has 3 nitrogen and oxygen atoms in total.